The summed E-state index contributed by atoms with van der Waals surface area (Å²) >= 11 is 0. The van der Waals surface area contributed by atoms with Gasteiger partial charge in [-0.05, 0) is 12.3 Å². The third-order valence-electron chi connectivity index (χ3n) is 1.26. The van der Waals surface area contributed by atoms with E-state index < -0.39 is 5.97 Å². The first kappa shape index (κ1) is 4.62. The van der Waals surface area contributed by atoms with Gasteiger partial charge in [-0.2, -0.15) is 0 Å². The van der Waals surface area contributed by atoms with Gasteiger partial charge in [0.05, 0.1) is 5.92 Å². The molecular weight excluding hydrogens is 92.1 g/mol. The molecule has 0 bridgehead atoms. The Hall–Kier alpha value is -0.530. The minimum Gasteiger partial charge on any atom is -0.481 e. The van der Waals surface area contributed by atoms with Crippen LogP contribution in [-0.2, 0) is 4.79 Å². The standard InChI is InChI=1S/C5H7O2/c1-3-2-4(3)5(6)7/h4H,2H2,1H3,(H,6,7). The Kier molecular flexibility index (Phi) is 0.805. The van der Waals surface area contributed by atoms with E-state index in [-0.39, 0.29) is 5.92 Å². The van der Waals surface area contributed by atoms with Crippen LogP contribution in [0.5, 0.6) is 0 Å². The van der Waals surface area contributed by atoms with E-state index in [0.29, 0.717) is 0 Å². The summed E-state index contributed by atoms with van der Waals surface area (Å²) in [6, 6.07) is 0. The van der Waals surface area contributed by atoms with Crippen molar-refractivity contribution in [3.8, 4) is 0 Å². The number of hydrogen-bond acceptors (Lipinski definition) is 1. The molecule has 2 nitrogen and oxygen atoms in total. The third-order valence-corrected chi connectivity index (χ3v) is 1.26. The SMILES string of the molecule is C[C]1CC1C(=O)O. The van der Waals surface area contributed by atoms with E-state index in [2.05, 4.69) is 0 Å². The number of rotatable bonds is 1. The average Bonchev–Trinajstić information content (AvgIpc) is 2.17. The molecular formula is C5H7O2. The fourth-order valence-electron chi connectivity index (χ4n) is 0.561. The van der Waals surface area contributed by atoms with Gasteiger partial charge in [0, 0.05) is 0 Å². The maximum absolute atomic E-state index is 9.95. The summed E-state index contributed by atoms with van der Waals surface area (Å²) in [7, 11) is 0. The Labute approximate surface area is 42.1 Å². The first-order valence-electron chi connectivity index (χ1n) is 2.27. The molecule has 0 amide bonds. The molecule has 1 aliphatic rings. The molecule has 39 valence electrons. The van der Waals surface area contributed by atoms with Crippen LogP contribution in [0.25, 0.3) is 0 Å². The molecule has 1 atom stereocenters. The summed E-state index contributed by atoms with van der Waals surface area (Å²) in [6.07, 6.45) is 0.801. The van der Waals surface area contributed by atoms with Crippen LogP contribution in [-0.4, -0.2) is 11.1 Å². The van der Waals surface area contributed by atoms with Crippen molar-refractivity contribution in [3.63, 3.8) is 0 Å². The van der Waals surface area contributed by atoms with Gasteiger partial charge in [-0.25, -0.2) is 0 Å². The Morgan fingerprint density at radius 3 is 2.43 bits per heavy atom. The van der Waals surface area contributed by atoms with Crippen LogP contribution in [0.2, 0.25) is 0 Å². The second kappa shape index (κ2) is 1.22. The highest BCUT2D eigenvalue weighted by Gasteiger charge is 2.39. The zero-order valence-electron chi connectivity index (χ0n) is 4.14. The molecule has 0 aromatic carbocycles. The Balaban J connectivity index is 2.33. The molecule has 0 spiro atoms. The Morgan fingerprint density at radius 2 is 2.43 bits per heavy atom. The van der Waals surface area contributed by atoms with E-state index in [1.165, 1.54) is 0 Å². The summed E-state index contributed by atoms with van der Waals surface area (Å²) in [5, 5.41) is 8.20. The molecule has 1 fully saturated rings. The molecule has 1 saturated carbocycles. The predicted octanol–water partition coefficient (Wildman–Crippen LogP) is 0.685. The summed E-state index contributed by atoms with van der Waals surface area (Å²) in [5.41, 5.74) is 0. The number of carboxylic acids is 1. The molecule has 0 aromatic rings. The van der Waals surface area contributed by atoms with Crippen molar-refractivity contribution in [3.05, 3.63) is 5.92 Å². The third kappa shape index (κ3) is 0.734. The number of aliphatic carboxylic acids is 1. The molecule has 2 heteroatoms. The second-order valence-electron chi connectivity index (χ2n) is 1.94. The van der Waals surface area contributed by atoms with Gasteiger partial charge in [0.1, 0.15) is 0 Å². The fraction of sp³-hybridized carbons (Fsp3) is 0.600. The first-order valence-corrected chi connectivity index (χ1v) is 2.27. The average molecular weight is 99.1 g/mol. The monoisotopic (exact) mass is 99.0 g/mol. The van der Waals surface area contributed by atoms with E-state index in [1.54, 1.807) is 0 Å². The van der Waals surface area contributed by atoms with Gasteiger partial charge in [0.25, 0.3) is 0 Å². The van der Waals surface area contributed by atoms with Gasteiger partial charge in [-0.15, -0.1) is 0 Å². The van der Waals surface area contributed by atoms with Crippen LogP contribution < -0.4 is 0 Å². The van der Waals surface area contributed by atoms with E-state index in [9.17, 15) is 4.79 Å². The van der Waals surface area contributed by atoms with Crippen molar-refractivity contribution in [2.75, 3.05) is 0 Å². The molecule has 0 heterocycles. The summed E-state index contributed by atoms with van der Waals surface area (Å²) in [4.78, 5) is 9.95. The van der Waals surface area contributed by atoms with Crippen molar-refractivity contribution in [1.82, 2.24) is 0 Å². The van der Waals surface area contributed by atoms with E-state index in [1.807, 2.05) is 6.92 Å². The number of hydrogen-bond donors (Lipinski definition) is 1. The van der Waals surface area contributed by atoms with Gasteiger partial charge in [0.2, 0.25) is 0 Å². The smallest absolute Gasteiger partial charge is 0.307 e. The minimum absolute atomic E-state index is 0.0972. The molecule has 1 N–H and O–H groups in total. The molecule has 1 aliphatic carbocycles. The quantitative estimate of drug-likeness (QED) is 0.525. The summed E-state index contributed by atoms with van der Waals surface area (Å²) in [6.45, 7) is 1.87. The zero-order valence-corrected chi connectivity index (χ0v) is 4.14. The fourth-order valence-corrected chi connectivity index (χ4v) is 0.561. The van der Waals surface area contributed by atoms with Gasteiger partial charge < -0.3 is 5.11 Å². The predicted molar refractivity (Wildman–Crippen MR) is 24.7 cm³/mol. The lowest BCUT2D eigenvalue weighted by Crippen LogP contribution is -1.96. The van der Waals surface area contributed by atoms with Gasteiger partial charge in [-0.1, -0.05) is 6.92 Å². The second-order valence-corrected chi connectivity index (χ2v) is 1.94. The van der Waals surface area contributed by atoms with Crippen molar-refractivity contribution in [1.29, 1.82) is 0 Å². The summed E-state index contributed by atoms with van der Waals surface area (Å²) in [5.74, 6) is 0.338. The maximum Gasteiger partial charge on any atom is 0.307 e. The highest BCUT2D eigenvalue weighted by molar-refractivity contribution is 5.77. The van der Waals surface area contributed by atoms with E-state index in [0.717, 1.165) is 12.3 Å². The first-order chi connectivity index (χ1) is 3.22. The van der Waals surface area contributed by atoms with Crippen molar-refractivity contribution < 1.29 is 9.90 Å². The highest BCUT2D eigenvalue weighted by atomic mass is 16.4. The molecule has 0 aromatic heterocycles. The lowest BCUT2D eigenvalue weighted by atomic mass is 10.3. The topological polar surface area (TPSA) is 37.3 Å². The van der Waals surface area contributed by atoms with Crippen molar-refractivity contribution >= 4 is 5.97 Å². The molecule has 0 saturated heterocycles. The van der Waals surface area contributed by atoms with Gasteiger partial charge >= 0.3 is 5.97 Å². The Bertz CT molecular complexity index is 98.3. The number of carbonyl (C=O) groups is 1. The largest absolute Gasteiger partial charge is 0.481 e. The highest BCUT2D eigenvalue weighted by Crippen LogP contribution is 2.39. The van der Waals surface area contributed by atoms with Crippen LogP contribution in [0, 0.1) is 11.8 Å². The number of carboxylic acid groups (broad SMARTS) is 1. The van der Waals surface area contributed by atoms with Crippen LogP contribution in [0.3, 0.4) is 0 Å². The van der Waals surface area contributed by atoms with Crippen LogP contribution in [0.1, 0.15) is 13.3 Å². The van der Waals surface area contributed by atoms with Crippen molar-refractivity contribution in [2.45, 2.75) is 13.3 Å². The molecule has 7 heavy (non-hydrogen) atoms. The van der Waals surface area contributed by atoms with Crippen LogP contribution in [0.4, 0.5) is 0 Å². The Morgan fingerprint density at radius 1 is 2.00 bits per heavy atom. The molecule has 1 radical (unpaired) electrons. The van der Waals surface area contributed by atoms with Crippen LogP contribution >= 0.6 is 0 Å². The van der Waals surface area contributed by atoms with Crippen molar-refractivity contribution in [2.24, 2.45) is 5.92 Å². The van der Waals surface area contributed by atoms with E-state index >= 15 is 0 Å². The molecule has 1 unspecified atom stereocenters. The van der Waals surface area contributed by atoms with Gasteiger partial charge in [0.15, 0.2) is 0 Å². The maximum atomic E-state index is 9.95. The van der Waals surface area contributed by atoms with Gasteiger partial charge in [-0.3, -0.25) is 4.79 Å². The lowest BCUT2D eigenvalue weighted by molar-refractivity contribution is -0.138. The lowest BCUT2D eigenvalue weighted by Gasteiger charge is -1.79. The summed E-state index contributed by atoms with van der Waals surface area (Å²) < 4.78 is 0. The van der Waals surface area contributed by atoms with Crippen LogP contribution in [0.15, 0.2) is 0 Å². The molecule has 0 aliphatic heterocycles. The van der Waals surface area contributed by atoms with E-state index in [4.69, 9.17) is 5.11 Å². The normalized spacial score (nSPS) is 30.1. The molecule has 1 rings (SSSR count). The minimum atomic E-state index is -0.669. The zero-order chi connectivity index (χ0) is 5.44.